The Morgan fingerprint density at radius 2 is 1.55 bits per heavy atom. The molecule has 2 heterocycles. The Balaban J connectivity index is 1.30. The molecule has 1 amide bonds. The minimum atomic E-state index is -1.48. The van der Waals surface area contributed by atoms with E-state index >= 15 is 4.79 Å². The first-order valence-electron chi connectivity index (χ1n) is 25.2. The maximum Gasteiger partial charge on any atom is 0.410 e. The van der Waals surface area contributed by atoms with Gasteiger partial charge in [0.2, 0.25) is 12.6 Å². The van der Waals surface area contributed by atoms with Crippen LogP contribution in [0, 0.1) is 17.8 Å². The highest BCUT2D eigenvalue weighted by Gasteiger charge is 2.65. The molecular weight excluding hydrogens is 849 g/mol. The van der Waals surface area contributed by atoms with E-state index in [9.17, 15) is 15.3 Å². The number of hydrogen-bond donors (Lipinski definition) is 3. The van der Waals surface area contributed by atoms with E-state index < -0.39 is 23.8 Å². The minimum Gasteiger partial charge on any atom is -0.508 e. The summed E-state index contributed by atoms with van der Waals surface area (Å²) in [5.74, 6) is -0.266. The summed E-state index contributed by atoms with van der Waals surface area (Å²) in [6.07, 6.45) is 19.9. The zero-order chi connectivity index (χ0) is 46.9. The van der Waals surface area contributed by atoms with Gasteiger partial charge in [-0.2, -0.15) is 0 Å². The Morgan fingerprint density at radius 3 is 2.30 bits per heavy atom. The number of carbonyl (C=O) groups excluding carboxylic acids is 1. The number of aliphatic hydroxyl groups is 2. The first kappa shape index (κ1) is 49.9. The average Bonchev–Trinajstić information content (AvgIpc) is 3.82. The lowest BCUT2D eigenvalue weighted by molar-refractivity contribution is -0.256. The molecule has 0 aromatic heterocycles. The highest BCUT2D eigenvalue weighted by molar-refractivity contribution is 6.03. The number of amides is 1. The van der Waals surface area contributed by atoms with Gasteiger partial charge in [0, 0.05) is 37.7 Å². The maximum absolute atomic E-state index is 15.1. The Bertz CT molecular complexity index is 2090. The number of benzene rings is 3. The molecule has 67 heavy (non-hydrogen) atoms. The summed E-state index contributed by atoms with van der Waals surface area (Å²) in [4.78, 5) is 23.1. The second-order valence-corrected chi connectivity index (χ2v) is 18.7. The molecule has 6 atom stereocenters. The van der Waals surface area contributed by atoms with E-state index in [1.165, 1.54) is 44.9 Å². The van der Waals surface area contributed by atoms with Gasteiger partial charge in [-0.15, -0.1) is 6.58 Å². The van der Waals surface area contributed by atoms with Crippen LogP contribution < -0.4 is 14.2 Å². The molecule has 12 heteroatoms. The molecule has 2 aliphatic heterocycles. The highest BCUT2D eigenvalue weighted by Crippen LogP contribution is 2.62. The molecule has 4 aliphatic rings. The molecule has 1 fully saturated rings. The zero-order valence-electron chi connectivity index (χ0n) is 39.7. The van der Waals surface area contributed by atoms with Gasteiger partial charge >= 0.3 is 6.09 Å². The van der Waals surface area contributed by atoms with Gasteiger partial charge in [-0.1, -0.05) is 131 Å². The number of aromatic hydroxyl groups is 1. The largest absolute Gasteiger partial charge is 0.508 e. The van der Waals surface area contributed by atoms with Crippen LogP contribution in [-0.2, 0) is 27.5 Å². The van der Waals surface area contributed by atoms with Gasteiger partial charge in [0.15, 0.2) is 11.5 Å². The quantitative estimate of drug-likeness (QED) is 0.0365. The van der Waals surface area contributed by atoms with Crippen LogP contribution in [0.2, 0.25) is 0 Å². The number of rotatable bonds is 28. The smallest absolute Gasteiger partial charge is 0.410 e. The summed E-state index contributed by atoms with van der Waals surface area (Å²) in [6, 6.07) is 20.1. The fourth-order valence-electron chi connectivity index (χ4n) is 10.8. The first-order valence-corrected chi connectivity index (χ1v) is 25.2. The van der Waals surface area contributed by atoms with Crippen LogP contribution in [0.3, 0.4) is 0 Å². The zero-order valence-corrected chi connectivity index (χ0v) is 39.7. The van der Waals surface area contributed by atoms with Crippen molar-refractivity contribution in [2.24, 2.45) is 22.9 Å². The van der Waals surface area contributed by atoms with Crippen molar-refractivity contribution in [2.45, 2.75) is 147 Å². The lowest BCUT2D eigenvalue weighted by Gasteiger charge is -2.59. The average molecular weight is 923 g/mol. The van der Waals surface area contributed by atoms with Crippen molar-refractivity contribution in [3.05, 3.63) is 108 Å². The molecular formula is C55H74N2O10. The van der Waals surface area contributed by atoms with E-state index in [0.717, 1.165) is 67.2 Å². The van der Waals surface area contributed by atoms with Crippen molar-refractivity contribution in [3.8, 4) is 23.0 Å². The fraction of sp³-hybridized carbons (Fsp3) is 0.564. The first-order chi connectivity index (χ1) is 32.9. The molecule has 1 saturated carbocycles. The predicted octanol–water partition coefficient (Wildman–Crippen LogP) is 11.5. The summed E-state index contributed by atoms with van der Waals surface area (Å²) < 4.78 is 32.2. The van der Waals surface area contributed by atoms with Crippen molar-refractivity contribution in [2.75, 3.05) is 33.2 Å². The van der Waals surface area contributed by atoms with Crippen molar-refractivity contribution in [3.63, 3.8) is 0 Å². The van der Waals surface area contributed by atoms with Crippen LogP contribution in [0.1, 0.15) is 139 Å². The van der Waals surface area contributed by atoms with Crippen LogP contribution in [0.15, 0.2) is 96.2 Å². The molecule has 0 saturated heterocycles. The van der Waals surface area contributed by atoms with Crippen molar-refractivity contribution in [1.82, 2.24) is 4.90 Å². The predicted molar refractivity (Wildman–Crippen MR) is 259 cm³/mol. The summed E-state index contributed by atoms with van der Waals surface area (Å²) in [5.41, 5.74) is 4.23. The lowest BCUT2D eigenvalue weighted by Crippen LogP contribution is -2.70. The van der Waals surface area contributed by atoms with E-state index in [0.29, 0.717) is 35.8 Å². The molecule has 364 valence electrons. The Kier molecular flexibility index (Phi) is 18.9. The SMILES string of the molecule is C=CCOC12Oc3ccc(O)cc3C3C(CCCCO)C(CCCCO)C=C(C(=NOCc4ccccc4)CC1N(Cc1ccc4c(c1)OCO4)C(=O)OCCCCCCCCCCCC)C32. The van der Waals surface area contributed by atoms with Crippen molar-refractivity contribution >= 4 is 11.8 Å². The van der Waals surface area contributed by atoms with Crippen LogP contribution >= 0.6 is 0 Å². The van der Waals surface area contributed by atoms with Gasteiger partial charge in [-0.25, -0.2) is 4.79 Å². The van der Waals surface area contributed by atoms with Gasteiger partial charge in [0.25, 0.3) is 0 Å². The third-order valence-electron chi connectivity index (χ3n) is 14.0. The lowest BCUT2D eigenvalue weighted by atomic mass is 9.55. The maximum atomic E-state index is 15.1. The van der Waals surface area contributed by atoms with E-state index in [4.69, 9.17) is 33.7 Å². The monoisotopic (exact) mass is 923 g/mol. The molecule has 3 N–H and O–H groups in total. The number of unbranched alkanes of at least 4 members (excludes halogenated alkanes) is 11. The van der Waals surface area contributed by atoms with E-state index in [1.54, 1.807) is 23.1 Å². The number of carbonyl (C=O) groups is 1. The van der Waals surface area contributed by atoms with Crippen LogP contribution in [0.4, 0.5) is 4.79 Å². The fourth-order valence-corrected chi connectivity index (χ4v) is 10.8. The number of fused-ring (bicyclic) bond motifs is 3. The second kappa shape index (κ2) is 25.4. The number of phenols is 1. The third kappa shape index (κ3) is 12.5. The Morgan fingerprint density at radius 1 is 0.836 bits per heavy atom. The number of aliphatic hydroxyl groups excluding tert-OH is 2. The van der Waals surface area contributed by atoms with Crippen molar-refractivity contribution in [1.29, 1.82) is 0 Å². The number of phenolic OH excluding ortho intramolecular Hbond substituents is 1. The number of nitrogens with zero attached hydrogens (tertiary/aromatic N) is 2. The summed E-state index contributed by atoms with van der Waals surface area (Å²) in [6.45, 7) is 7.38. The molecule has 2 aliphatic carbocycles. The topological polar surface area (TPSA) is 149 Å². The molecule has 3 aromatic carbocycles. The van der Waals surface area contributed by atoms with Gasteiger partial charge in [-0.05, 0) is 91.0 Å². The molecule has 0 bridgehead atoms. The van der Waals surface area contributed by atoms with Crippen LogP contribution in [0.5, 0.6) is 23.0 Å². The Labute approximate surface area is 397 Å². The highest BCUT2D eigenvalue weighted by atomic mass is 16.7. The van der Waals surface area contributed by atoms with Gasteiger partial charge in [0.05, 0.1) is 24.8 Å². The molecule has 12 nitrogen and oxygen atoms in total. The molecule has 3 aromatic rings. The summed E-state index contributed by atoms with van der Waals surface area (Å²) >= 11 is 0. The van der Waals surface area contributed by atoms with E-state index in [-0.39, 0.29) is 76.3 Å². The number of ether oxygens (including phenoxy) is 5. The van der Waals surface area contributed by atoms with Gasteiger partial charge in [-0.3, -0.25) is 4.90 Å². The van der Waals surface area contributed by atoms with Gasteiger partial charge < -0.3 is 43.8 Å². The normalized spacial score (nSPS) is 22.9. The molecule has 7 rings (SSSR count). The van der Waals surface area contributed by atoms with E-state index in [1.807, 2.05) is 54.6 Å². The number of allylic oxidation sites excluding steroid dienone is 1. The molecule has 6 unspecified atom stereocenters. The number of hydrogen-bond acceptors (Lipinski definition) is 11. The molecule has 0 radical (unpaired) electrons. The third-order valence-corrected chi connectivity index (χ3v) is 14.0. The van der Waals surface area contributed by atoms with Crippen LogP contribution in [-0.4, -0.2) is 77.1 Å². The molecule has 0 spiro atoms. The van der Waals surface area contributed by atoms with Gasteiger partial charge in [0.1, 0.15) is 24.1 Å². The van der Waals surface area contributed by atoms with Crippen LogP contribution in [0.25, 0.3) is 0 Å². The summed E-state index contributed by atoms with van der Waals surface area (Å²) in [5, 5.41) is 36.0. The standard InChI is InChI=1S/C55H74N2O10/c1-3-5-6-7-8-9-10-11-12-20-32-62-54(61)57(37-41-25-27-49-50(33-41)64-39-63-49)51-36-47(56-66-38-40-21-14-13-15-22-40)45-34-42(23-16-18-29-58)44(24-17-19-30-59)52-46-35-43(60)26-28-48(46)67-55(51,53(45)52)65-31-4-2/h4,13-15,21-22,25-28,33-35,42,44,51-53,58-60H,2-3,5-12,16-20,23-24,29-32,36-39H2,1H3. The second-order valence-electron chi connectivity index (χ2n) is 18.7. The van der Waals surface area contributed by atoms with E-state index in [2.05, 4.69) is 19.6 Å². The van der Waals surface area contributed by atoms with Crippen molar-refractivity contribution < 1.29 is 48.6 Å². The number of oxime groups is 1. The minimum absolute atomic E-state index is 0.0194. The Hall–Kier alpha value is -5.04. The summed E-state index contributed by atoms with van der Waals surface area (Å²) in [7, 11) is 0.